The lowest BCUT2D eigenvalue weighted by atomic mass is 10.2. The number of pyridine rings is 1. The Balaban J connectivity index is 1.62. The van der Waals surface area contributed by atoms with Crippen molar-refractivity contribution in [3.63, 3.8) is 0 Å². The topological polar surface area (TPSA) is 61.4 Å². The van der Waals surface area contributed by atoms with E-state index in [0.29, 0.717) is 34.8 Å². The summed E-state index contributed by atoms with van der Waals surface area (Å²) in [6.45, 7) is 6.47. The zero-order chi connectivity index (χ0) is 22.2. The number of ether oxygens (including phenoxy) is 1. The Hall–Kier alpha value is -3.82. The van der Waals surface area contributed by atoms with Gasteiger partial charge < -0.3 is 19.7 Å². The average molecular weight is 417 g/mol. The fourth-order valence-electron chi connectivity index (χ4n) is 2.82. The molecular weight excluding hydrogens is 393 g/mol. The van der Waals surface area contributed by atoms with Gasteiger partial charge in [-0.1, -0.05) is 18.6 Å². The van der Waals surface area contributed by atoms with Gasteiger partial charge in [0.25, 0.3) is 0 Å². The van der Waals surface area contributed by atoms with E-state index in [2.05, 4.69) is 28.4 Å². The number of aromatic amines is 1. The first-order valence-corrected chi connectivity index (χ1v) is 9.78. The van der Waals surface area contributed by atoms with Crippen LogP contribution < -0.4 is 9.64 Å². The van der Waals surface area contributed by atoms with Crippen molar-refractivity contribution in [2.45, 2.75) is 6.92 Å². The molecule has 0 amide bonds. The van der Waals surface area contributed by atoms with Crippen molar-refractivity contribution in [2.24, 2.45) is 0 Å². The van der Waals surface area contributed by atoms with Crippen molar-refractivity contribution < 1.29 is 14.2 Å². The third-order valence-electron chi connectivity index (χ3n) is 4.50. The number of aromatic nitrogens is 2. The Labute approximate surface area is 181 Å². The number of anilines is 1. The molecular formula is C25H24FN3O2. The van der Waals surface area contributed by atoms with E-state index in [1.54, 1.807) is 12.1 Å². The molecule has 0 spiro atoms. The summed E-state index contributed by atoms with van der Waals surface area (Å²) in [4.78, 5) is 9.01. The largest absolute Gasteiger partial charge is 0.458 e. The Morgan fingerprint density at radius 1 is 1.29 bits per heavy atom. The van der Waals surface area contributed by atoms with E-state index < -0.39 is 0 Å². The van der Waals surface area contributed by atoms with E-state index in [0.717, 1.165) is 11.3 Å². The summed E-state index contributed by atoms with van der Waals surface area (Å²) < 4.78 is 19.0. The monoisotopic (exact) mass is 417 g/mol. The van der Waals surface area contributed by atoms with E-state index in [1.165, 1.54) is 12.3 Å². The summed E-state index contributed by atoms with van der Waals surface area (Å²) in [5, 5.41) is 9.70. The van der Waals surface area contributed by atoms with Crippen LogP contribution in [-0.4, -0.2) is 35.3 Å². The second kappa shape index (κ2) is 10.3. The van der Waals surface area contributed by atoms with Crippen molar-refractivity contribution in [1.82, 2.24) is 9.97 Å². The number of hydrogen-bond acceptors (Lipinski definition) is 4. The zero-order valence-electron chi connectivity index (χ0n) is 17.5. The first-order chi connectivity index (χ1) is 15.0. The number of benzene rings is 1. The van der Waals surface area contributed by atoms with Crippen molar-refractivity contribution in [1.29, 1.82) is 0 Å². The van der Waals surface area contributed by atoms with E-state index in [1.807, 2.05) is 55.3 Å². The van der Waals surface area contributed by atoms with Gasteiger partial charge in [0.15, 0.2) is 0 Å². The quantitative estimate of drug-likeness (QED) is 0.336. The number of nitrogens with zero attached hydrogens (tertiary/aromatic N) is 2. The molecule has 2 heterocycles. The first kappa shape index (κ1) is 21.9. The lowest BCUT2D eigenvalue weighted by Gasteiger charge is -2.18. The number of aliphatic hydroxyl groups is 1. The van der Waals surface area contributed by atoms with Crippen LogP contribution >= 0.6 is 0 Å². The molecule has 1 aromatic carbocycles. The Morgan fingerprint density at radius 3 is 2.77 bits per heavy atom. The number of allylic oxidation sites excluding steroid dienone is 4. The summed E-state index contributed by atoms with van der Waals surface area (Å²) in [5.74, 6) is 6.85. The number of hydrogen-bond donors (Lipinski definition) is 2. The van der Waals surface area contributed by atoms with Gasteiger partial charge in [-0.2, -0.15) is 0 Å². The Bertz CT molecular complexity index is 1180. The third kappa shape index (κ3) is 6.08. The van der Waals surface area contributed by atoms with Crippen LogP contribution in [0.3, 0.4) is 0 Å². The minimum atomic E-state index is -0.381. The molecule has 0 aliphatic carbocycles. The van der Waals surface area contributed by atoms with Gasteiger partial charge in [-0.05, 0) is 61.4 Å². The molecule has 3 aromatic rings. The molecule has 0 fully saturated rings. The molecule has 31 heavy (non-hydrogen) atoms. The molecule has 0 unspecified atom stereocenters. The number of likely N-dealkylation sites (N-methyl/N-ethyl adjacent to an activating group) is 1. The molecule has 2 aromatic heterocycles. The average Bonchev–Trinajstić information content (AvgIpc) is 3.16. The highest BCUT2D eigenvalue weighted by molar-refractivity contribution is 5.77. The highest BCUT2D eigenvalue weighted by Gasteiger charge is 2.02. The molecule has 0 saturated heterocycles. The fraction of sp³-hybridized carbons (Fsp3) is 0.160. The lowest BCUT2D eigenvalue weighted by Crippen LogP contribution is -2.20. The van der Waals surface area contributed by atoms with Gasteiger partial charge >= 0.3 is 0 Å². The smallest absolute Gasteiger partial charge is 0.142 e. The molecule has 0 saturated carbocycles. The summed E-state index contributed by atoms with van der Waals surface area (Å²) >= 11 is 0. The van der Waals surface area contributed by atoms with Crippen molar-refractivity contribution in [3.8, 4) is 17.6 Å². The number of fused-ring (bicyclic) bond motifs is 1. The van der Waals surface area contributed by atoms with Crippen LogP contribution in [0.2, 0.25) is 0 Å². The van der Waals surface area contributed by atoms with E-state index in [4.69, 9.17) is 9.84 Å². The van der Waals surface area contributed by atoms with Crippen LogP contribution in [0.1, 0.15) is 12.6 Å². The summed E-state index contributed by atoms with van der Waals surface area (Å²) in [5.41, 5.74) is 3.02. The van der Waals surface area contributed by atoms with Gasteiger partial charge in [-0.15, -0.1) is 0 Å². The van der Waals surface area contributed by atoms with Crippen LogP contribution in [0, 0.1) is 17.7 Å². The zero-order valence-corrected chi connectivity index (χ0v) is 17.5. The minimum Gasteiger partial charge on any atom is -0.458 e. The number of H-pyrrole nitrogens is 1. The molecule has 0 aliphatic rings. The Kier molecular flexibility index (Phi) is 7.26. The summed E-state index contributed by atoms with van der Waals surface area (Å²) in [7, 11) is 1.91. The van der Waals surface area contributed by atoms with Crippen LogP contribution in [0.25, 0.3) is 11.0 Å². The molecule has 5 nitrogen and oxygen atoms in total. The maximum atomic E-state index is 13.3. The first-order valence-electron chi connectivity index (χ1n) is 9.78. The number of halogens is 1. The maximum Gasteiger partial charge on any atom is 0.142 e. The van der Waals surface area contributed by atoms with Gasteiger partial charge in [-0.3, -0.25) is 0 Å². The standard InChI is InChI=1S/C25H24FN3O2/c1-4-19(7-8-22-16-20-15-21(26)17-27-25(20)28-22)6-5-18(2)31-24-11-9-23(10-12-24)29(3)13-14-30/h4-6,9-12,15-17,30H,2,13-14H2,1,3H3,(H,27,28)/b6-5-,19-4+. The molecule has 158 valence electrons. The minimum absolute atomic E-state index is 0.0994. The molecule has 0 radical (unpaired) electrons. The van der Waals surface area contributed by atoms with Gasteiger partial charge in [0.2, 0.25) is 0 Å². The van der Waals surface area contributed by atoms with Crippen molar-refractivity contribution in [3.05, 3.63) is 90.2 Å². The fourth-order valence-corrected chi connectivity index (χ4v) is 2.82. The lowest BCUT2D eigenvalue weighted by molar-refractivity contribution is 0.304. The number of rotatable bonds is 7. The summed E-state index contributed by atoms with van der Waals surface area (Å²) in [6, 6.07) is 10.7. The predicted octanol–water partition coefficient (Wildman–Crippen LogP) is 4.58. The van der Waals surface area contributed by atoms with Crippen LogP contribution in [0.4, 0.5) is 10.1 Å². The van der Waals surface area contributed by atoms with E-state index >= 15 is 0 Å². The molecule has 2 N–H and O–H groups in total. The van der Waals surface area contributed by atoms with Crippen LogP contribution in [0.15, 0.2) is 78.7 Å². The number of nitrogens with one attached hydrogen (secondary N) is 1. The maximum absolute atomic E-state index is 13.3. The second-order valence-corrected chi connectivity index (χ2v) is 6.81. The highest BCUT2D eigenvalue weighted by Crippen LogP contribution is 2.20. The van der Waals surface area contributed by atoms with Crippen LogP contribution in [0.5, 0.6) is 5.75 Å². The van der Waals surface area contributed by atoms with Gasteiger partial charge in [0, 0.05) is 30.2 Å². The molecule has 0 bridgehead atoms. The van der Waals surface area contributed by atoms with Gasteiger partial charge in [0.1, 0.15) is 23.0 Å². The molecule has 0 aliphatic heterocycles. The molecule has 3 rings (SSSR count). The molecule has 0 atom stereocenters. The second-order valence-electron chi connectivity index (χ2n) is 6.81. The van der Waals surface area contributed by atoms with Crippen molar-refractivity contribution >= 4 is 16.7 Å². The van der Waals surface area contributed by atoms with E-state index in [-0.39, 0.29) is 12.4 Å². The van der Waals surface area contributed by atoms with Gasteiger partial charge in [0.05, 0.1) is 18.5 Å². The van der Waals surface area contributed by atoms with Crippen LogP contribution in [-0.2, 0) is 0 Å². The summed E-state index contributed by atoms with van der Waals surface area (Å²) in [6.07, 6.45) is 6.61. The Morgan fingerprint density at radius 2 is 2.06 bits per heavy atom. The van der Waals surface area contributed by atoms with Crippen molar-refractivity contribution in [2.75, 3.05) is 25.1 Å². The van der Waals surface area contributed by atoms with E-state index in [9.17, 15) is 4.39 Å². The normalized spacial score (nSPS) is 11.4. The predicted molar refractivity (Wildman–Crippen MR) is 122 cm³/mol. The highest BCUT2D eigenvalue weighted by atomic mass is 19.1. The SMILES string of the molecule is C=C(/C=C\C(C#Cc1cc2cc(F)cnc2[nH]1)=C/C)Oc1ccc(N(C)CCO)cc1. The number of aliphatic hydroxyl groups excluding tert-OH is 1. The molecule has 6 heteroatoms. The third-order valence-corrected chi connectivity index (χ3v) is 4.50. The van der Waals surface area contributed by atoms with Gasteiger partial charge in [-0.25, -0.2) is 9.37 Å².